The number of esters is 1. The predicted molar refractivity (Wildman–Crippen MR) is 77.2 cm³/mol. The molecule has 1 atom stereocenters. The molecule has 19 heavy (non-hydrogen) atoms. The molecule has 0 bridgehead atoms. The van der Waals surface area contributed by atoms with Crippen LogP contribution in [0.2, 0.25) is 0 Å². The fraction of sp³-hybridized carbons (Fsp3) is 0.333. The van der Waals surface area contributed by atoms with Gasteiger partial charge in [0.25, 0.3) is 0 Å². The number of halogens is 2. The highest BCUT2D eigenvalue weighted by molar-refractivity contribution is 14.1. The van der Waals surface area contributed by atoms with Gasteiger partial charge in [0.1, 0.15) is 11.9 Å². The van der Waals surface area contributed by atoms with Gasteiger partial charge in [0.05, 0.1) is 16.4 Å². The summed E-state index contributed by atoms with van der Waals surface area (Å²) >= 11 is 1.86. The van der Waals surface area contributed by atoms with Gasteiger partial charge in [-0.2, -0.15) is 0 Å². The number of carbonyl (C=O) groups is 2. The minimum Gasteiger partial charge on any atom is -0.467 e. The van der Waals surface area contributed by atoms with Gasteiger partial charge in [-0.3, -0.25) is 4.79 Å². The molecule has 5 nitrogen and oxygen atoms in total. The lowest BCUT2D eigenvalue weighted by Crippen LogP contribution is -2.45. The number of hydrogen-bond donors (Lipinski definition) is 2. The van der Waals surface area contributed by atoms with Crippen molar-refractivity contribution >= 4 is 40.2 Å². The first-order chi connectivity index (χ1) is 8.95. The first-order valence-corrected chi connectivity index (χ1v) is 6.56. The third-order valence-corrected chi connectivity index (χ3v) is 3.41. The molecule has 0 fully saturated rings. The van der Waals surface area contributed by atoms with E-state index in [1.165, 1.54) is 20.1 Å². The largest absolute Gasteiger partial charge is 0.467 e. The fourth-order valence-corrected chi connectivity index (χ4v) is 1.98. The molecular weight excluding hydrogens is 366 g/mol. The molecule has 0 aromatic heterocycles. The van der Waals surface area contributed by atoms with Gasteiger partial charge in [0, 0.05) is 13.5 Å². The zero-order chi connectivity index (χ0) is 14.4. The van der Waals surface area contributed by atoms with Crippen LogP contribution in [0.3, 0.4) is 0 Å². The van der Waals surface area contributed by atoms with Crippen molar-refractivity contribution < 1.29 is 18.7 Å². The van der Waals surface area contributed by atoms with Gasteiger partial charge in [-0.1, -0.05) is 6.07 Å². The number of benzene rings is 1. The molecule has 7 heteroatoms. The number of hydrogen-bond acceptors (Lipinski definition) is 4. The molecule has 0 saturated carbocycles. The van der Waals surface area contributed by atoms with Gasteiger partial charge in [-0.15, -0.1) is 0 Å². The zero-order valence-electron chi connectivity index (χ0n) is 10.5. The smallest absolute Gasteiger partial charge is 0.330 e. The van der Waals surface area contributed by atoms with Gasteiger partial charge >= 0.3 is 5.97 Å². The van der Waals surface area contributed by atoms with Crippen LogP contribution in [0.4, 0.5) is 10.1 Å². The number of ether oxygens (including phenoxy) is 1. The second-order valence-electron chi connectivity index (χ2n) is 3.76. The molecule has 1 amide bonds. The van der Waals surface area contributed by atoms with Crippen LogP contribution >= 0.6 is 22.6 Å². The highest BCUT2D eigenvalue weighted by Crippen LogP contribution is 2.20. The van der Waals surface area contributed by atoms with E-state index in [4.69, 9.17) is 0 Å². The lowest BCUT2D eigenvalue weighted by Gasteiger charge is -2.17. The second kappa shape index (κ2) is 7.27. The van der Waals surface area contributed by atoms with Crippen molar-refractivity contribution in [3.05, 3.63) is 27.6 Å². The van der Waals surface area contributed by atoms with Gasteiger partial charge in [-0.05, 0) is 34.7 Å². The summed E-state index contributed by atoms with van der Waals surface area (Å²) in [6, 6.07) is 3.78. The van der Waals surface area contributed by atoms with Crippen LogP contribution in [0.1, 0.15) is 6.92 Å². The number of amides is 1. The molecule has 2 N–H and O–H groups in total. The van der Waals surface area contributed by atoms with Crippen molar-refractivity contribution in [2.75, 3.05) is 19.0 Å². The van der Waals surface area contributed by atoms with Crippen molar-refractivity contribution in [1.29, 1.82) is 0 Å². The van der Waals surface area contributed by atoms with Crippen molar-refractivity contribution in [3.63, 3.8) is 0 Å². The number of methoxy groups -OCH3 is 1. The maximum Gasteiger partial charge on any atom is 0.330 e. The summed E-state index contributed by atoms with van der Waals surface area (Å²) in [7, 11) is 1.24. The van der Waals surface area contributed by atoms with E-state index in [1.807, 2.05) is 22.6 Å². The van der Waals surface area contributed by atoms with E-state index in [2.05, 4.69) is 15.4 Å². The number of carbonyl (C=O) groups excluding carboxylic acids is 2. The average Bonchev–Trinajstić information content (AvgIpc) is 2.37. The Labute approximate surface area is 124 Å². The summed E-state index contributed by atoms with van der Waals surface area (Å²) in [4.78, 5) is 22.5. The second-order valence-corrected chi connectivity index (χ2v) is 4.84. The first-order valence-electron chi connectivity index (χ1n) is 5.48. The fourth-order valence-electron chi connectivity index (χ4n) is 1.43. The zero-order valence-corrected chi connectivity index (χ0v) is 12.7. The number of nitrogens with one attached hydrogen (secondary N) is 2. The molecule has 0 aliphatic carbocycles. The van der Waals surface area contributed by atoms with E-state index in [-0.39, 0.29) is 18.3 Å². The highest BCUT2D eigenvalue weighted by Gasteiger charge is 2.20. The molecule has 1 aromatic rings. The minimum atomic E-state index is -0.818. The Morgan fingerprint density at radius 3 is 2.74 bits per heavy atom. The average molecular weight is 380 g/mol. The lowest BCUT2D eigenvalue weighted by molar-refractivity contribution is -0.144. The molecule has 0 spiro atoms. The van der Waals surface area contributed by atoms with Gasteiger partial charge < -0.3 is 15.4 Å². The van der Waals surface area contributed by atoms with Crippen LogP contribution in [-0.2, 0) is 14.3 Å². The van der Waals surface area contributed by atoms with Crippen LogP contribution in [0.25, 0.3) is 0 Å². The van der Waals surface area contributed by atoms with Gasteiger partial charge in [0.15, 0.2) is 0 Å². The molecule has 0 heterocycles. The Morgan fingerprint density at radius 1 is 1.47 bits per heavy atom. The molecule has 0 aliphatic heterocycles. The Kier molecular flexibility index (Phi) is 6.00. The third-order valence-electron chi connectivity index (χ3n) is 2.31. The Bertz CT molecular complexity index is 482. The lowest BCUT2D eigenvalue weighted by atomic mass is 10.2. The Morgan fingerprint density at radius 2 is 2.16 bits per heavy atom. The summed E-state index contributed by atoms with van der Waals surface area (Å²) in [5.74, 6) is -1.25. The highest BCUT2D eigenvalue weighted by atomic mass is 127. The van der Waals surface area contributed by atoms with E-state index < -0.39 is 12.0 Å². The Hall–Kier alpha value is -1.38. The van der Waals surface area contributed by atoms with Crippen molar-refractivity contribution in [3.8, 4) is 0 Å². The molecule has 0 aliphatic rings. The standard InChI is InChI=1S/C12H14FIN2O3/c1-7(17)16-10(12(18)19-2)6-15-9-5-3-4-8(13)11(9)14/h3-5,10,15H,6H2,1-2H3,(H,16,17). The van der Waals surface area contributed by atoms with E-state index in [1.54, 1.807) is 12.1 Å². The summed E-state index contributed by atoms with van der Waals surface area (Å²) in [5.41, 5.74) is 0.555. The normalized spacial score (nSPS) is 11.6. The van der Waals surface area contributed by atoms with Crippen molar-refractivity contribution in [1.82, 2.24) is 5.32 Å². The molecule has 0 saturated heterocycles. The van der Waals surface area contributed by atoms with E-state index in [0.717, 1.165) is 0 Å². The summed E-state index contributed by atoms with van der Waals surface area (Å²) in [6.45, 7) is 1.42. The van der Waals surface area contributed by atoms with E-state index in [0.29, 0.717) is 9.26 Å². The maximum atomic E-state index is 13.3. The van der Waals surface area contributed by atoms with Crippen LogP contribution in [-0.4, -0.2) is 31.6 Å². The molecule has 1 unspecified atom stereocenters. The number of anilines is 1. The van der Waals surface area contributed by atoms with Gasteiger partial charge in [0.2, 0.25) is 5.91 Å². The summed E-state index contributed by atoms with van der Waals surface area (Å²) in [5, 5.41) is 5.37. The van der Waals surface area contributed by atoms with Crippen LogP contribution in [0.5, 0.6) is 0 Å². The van der Waals surface area contributed by atoms with Gasteiger partial charge in [-0.25, -0.2) is 9.18 Å². The van der Waals surface area contributed by atoms with Crippen molar-refractivity contribution in [2.45, 2.75) is 13.0 Å². The predicted octanol–water partition coefficient (Wildman–Crippen LogP) is 1.52. The third kappa shape index (κ3) is 4.66. The maximum absolute atomic E-state index is 13.3. The van der Waals surface area contributed by atoms with Crippen molar-refractivity contribution in [2.24, 2.45) is 0 Å². The SMILES string of the molecule is COC(=O)C(CNc1cccc(F)c1I)NC(C)=O. The number of rotatable bonds is 5. The molecule has 1 aromatic carbocycles. The Balaban J connectivity index is 2.73. The molecule has 0 radical (unpaired) electrons. The summed E-state index contributed by atoms with van der Waals surface area (Å²) < 4.78 is 18.3. The van der Waals surface area contributed by atoms with Crippen LogP contribution in [0, 0.1) is 9.39 Å². The van der Waals surface area contributed by atoms with E-state index >= 15 is 0 Å². The topological polar surface area (TPSA) is 67.4 Å². The minimum absolute atomic E-state index is 0.117. The monoisotopic (exact) mass is 380 g/mol. The van der Waals surface area contributed by atoms with Crippen LogP contribution in [0.15, 0.2) is 18.2 Å². The van der Waals surface area contributed by atoms with Crippen LogP contribution < -0.4 is 10.6 Å². The molecular formula is C12H14FIN2O3. The van der Waals surface area contributed by atoms with E-state index in [9.17, 15) is 14.0 Å². The molecule has 1 rings (SSSR count). The molecule has 104 valence electrons. The first kappa shape index (κ1) is 15.7. The summed E-state index contributed by atoms with van der Waals surface area (Å²) in [6.07, 6.45) is 0. The quantitative estimate of drug-likeness (QED) is 0.601.